The van der Waals surface area contributed by atoms with Crippen LogP contribution >= 0.6 is 15.9 Å². The number of nitro groups is 1. The third-order valence-corrected chi connectivity index (χ3v) is 2.42. The molecule has 2 aromatic rings. The van der Waals surface area contributed by atoms with Gasteiger partial charge in [0.25, 0.3) is 5.69 Å². The summed E-state index contributed by atoms with van der Waals surface area (Å²) in [5.41, 5.74) is -0.0346. The van der Waals surface area contributed by atoms with E-state index in [1.54, 1.807) is 12.1 Å². The highest BCUT2D eigenvalue weighted by molar-refractivity contribution is 9.10. The molecule has 2 rings (SSSR count). The van der Waals surface area contributed by atoms with Crippen molar-refractivity contribution in [1.82, 2.24) is 9.97 Å². The van der Waals surface area contributed by atoms with E-state index < -0.39 is 4.92 Å². The van der Waals surface area contributed by atoms with Crippen molar-refractivity contribution in [2.24, 2.45) is 0 Å². The molecule has 0 amide bonds. The molecule has 0 fully saturated rings. The summed E-state index contributed by atoms with van der Waals surface area (Å²) in [4.78, 5) is 17.8. The fourth-order valence-electron chi connectivity index (χ4n) is 1.15. The Morgan fingerprint density at radius 3 is 2.94 bits per heavy atom. The van der Waals surface area contributed by atoms with Crippen LogP contribution in [0.25, 0.3) is 0 Å². The van der Waals surface area contributed by atoms with Crippen molar-refractivity contribution < 1.29 is 9.66 Å². The predicted molar refractivity (Wildman–Crippen MR) is 62.9 cm³/mol. The monoisotopic (exact) mass is 295 g/mol. The summed E-state index contributed by atoms with van der Waals surface area (Å²) in [6.45, 7) is 0. The summed E-state index contributed by atoms with van der Waals surface area (Å²) in [5.74, 6) is 0.652. The average Bonchev–Trinajstić information content (AvgIpc) is 2.32. The van der Waals surface area contributed by atoms with Gasteiger partial charge in [-0.2, -0.15) is 0 Å². The van der Waals surface area contributed by atoms with Crippen molar-refractivity contribution >= 4 is 21.6 Å². The minimum absolute atomic E-state index is 0.0346. The van der Waals surface area contributed by atoms with Gasteiger partial charge < -0.3 is 4.74 Å². The largest absolute Gasteiger partial charge is 0.437 e. The topological polar surface area (TPSA) is 78.2 Å². The average molecular weight is 296 g/mol. The second-order valence-electron chi connectivity index (χ2n) is 3.03. The Labute approximate surface area is 105 Å². The molecule has 0 aliphatic heterocycles. The Kier molecular flexibility index (Phi) is 3.29. The lowest BCUT2D eigenvalue weighted by Crippen LogP contribution is -1.92. The third-order valence-electron chi connectivity index (χ3n) is 1.88. The Morgan fingerprint density at radius 2 is 2.24 bits per heavy atom. The van der Waals surface area contributed by atoms with Gasteiger partial charge in [-0.25, -0.2) is 9.97 Å². The fraction of sp³-hybridized carbons (Fsp3) is 0. The second kappa shape index (κ2) is 4.88. The van der Waals surface area contributed by atoms with Crippen LogP contribution in [0, 0.1) is 10.1 Å². The van der Waals surface area contributed by atoms with Crippen molar-refractivity contribution in [3.05, 3.63) is 51.4 Å². The summed E-state index contributed by atoms with van der Waals surface area (Å²) < 4.78 is 5.97. The number of ether oxygens (including phenoxy) is 1. The molecule has 0 saturated carbocycles. The number of hydrogen-bond donors (Lipinski definition) is 0. The third kappa shape index (κ3) is 2.76. The van der Waals surface area contributed by atoms with Gasteiger partial charge in [-0.05, 0) is 22.0 Å². The van der Waals surface area contributed by atoms with Crippen LogP contribution < -0.4 is 4.74 Å². The number of aromatic nitrogens is 2. The molecule has 0 aliphatic rings. The van der Waals surface area contributed by atoms with Crippen molar-refractivity contribution in [1.29, 1.82) is 0 Å². The highest BCUT2D eigenvalue weighted by Crippen LogP contribution is 2.28. The van der Waals surface area contributed by atoms with Gasteiger partial charge in [0.2, 0.25) is 5.88 Å². The summed E-state index contributed by atoms with van der Waals surface area (Å²) in [7, 11) is 0. The first-order valence-corrected chi connectivity index (χ1v) is 5.34. The molecule has 0 aliphatic carbocycles. The standard InChI is InChI=1S/C10H6BrN3O3/c11-9-5-12-6-13-10(9)17-8-3-1-2-7(4-8)14(15)16/h1-6H. The molecule has 0 atom stereocenters. The molecule has 17 heavy (non-hydrogen) atoms. The number of non-ortho nitro benzene ring substituents is 1. The number of halogens is 1. The van der Waals surface area contributed by atoms with Gasteiger partial charge >= 0.3 is 0 Å². The maximum Gasteiger partial charge on any atom is 0.273 e. The maximum atomic E-state index is 10.6. The molecule has 7 heteroatoms. The van der Waals surface area contributed by atoms with E-state index in [-0.39, 0.29) is 5.69 Å². The van der Waals surface area contributed by atoms with Gasteiger partial charge in [-0.3, -0.25) is 10.1 Å². The first-order chi connectivity index (χ1) is 8.16. The van der Waals surface area contributed by atoms with E-state index in [1.165, 1.54) is 24.7 Å². The van der Waals surface area contributed by atoms with E-state index >= 15 is 0 Å². The Hall–Kier alpha value is -2.02. The van der Waals surface area contributed by atoms with Gasteiger partial charge in [-0.15, -0.1) is 0 Å². The first kappa shape index (κ1) is 11.5. The van der Waals surface area contributed by atoms with E-state index in [0.717, 1.165) is 0 Å². The molecule has 86 valence electrons. The van der Waals surface area contributed by atoms with Crippen LogP contribution in [0.5, 0.6) is 11.6 Å². The van der Waals surface area contributed by atoms with E-state index in [1.807, 2.05) is 0 Å². The van der Waals surface area contributed by atoms with Gasteiger partial charge in [0, 0.05) is 12.3 Å². The van der Waals surface area contributed by atoms with E-state index in [9.17, 15) is 10.1 Å². The molecule has 0 bridgehead atoms. The van der Waals surface area contributed by atoms with Crippen LogP contribution in [-0.4, -0.2) is 14.9 Å². The minimum Gasteiger partial charge on any atom is -0.437 e. The predicted octanol–water partition coefficient (Wildman–Crippen LogP) is 2.94. The van der Waals surface area contributed by atoms with Gasteiger partial charge in [0.1, 0.15) is 12.1 Å². The van der Waals surface area contributed by atoms with Crippen molar-refractivity contribution in [3.63, 3.8) is 0 Å². The highest BCUT2D eigenvalue weighted by atomic mass is 79.9. The molecule has 6 nitrogen and oxygen atoms in total. The summed E-state index contributed by atoms with van der Waals surface area (Å²) in [6, 6.07) is 5.88. The van der Waals surface area contributed by atoms with Crippen molar-refractivity contribution in [3.8, 4) is 11.6 Å². The summed E-state index contributed by atoms with van der Waals surface area (Å²) >= 11 is 3.22. The lowest BCUT2D eigenvalue weighted by atomic mass is 10.3. The molecule has 1 heterocycles. The van der Waals surface area contributed by atoms with Crippen LogP contribution in [0.15, 0.2) is 41.3 Å². The van der Waals surface area contributed by atoms with Crippen LogP contribution in [0.4, 0.5) is 5.69 Å². The van der Waals surface area contributed by atoms with E-state index in [4.69, 9.17) is 4.74 Å². The molecular formula is C10H6BrN3O3. The molecule has 1 aromatic heterocycles. The maximum absolute atomic E-state index is 10.6. The summed E-state index contributed by atoms with van der Waals surface area (Å²) in [6.07, 6.45) is 2.86. The lowest BCUT2D eigenvalue weighted by Gasteiger charge is -2.05. The number of rotatable bonds is 3. The fourth-order valence-corrected chi connectivity index (χ4v) is 1.45. The van der Waals surface area contributed by atoms with Crippen molar-refractivity contribution in [2.75, 3.05) is 0 Å². The normalized spacial score (nSPS) is 9.94. The SMILES string of the molecule is O=[N+]([O-])c1cccc(Oc2ncncc2Br)c1. The first-order valence-electron chi connectivity index (χ1n) is 4.54. The molecule has 0 saturated heterocycles. The summed E-state index contributed by atoms with van der Waals surface area (Å²) in [5, 5.41) is 10.6. The number of nitrogens with zero attached hydrogens (tertiary/aromatic N) is 3. The second-order valence-corrected chi connectivity index (χ2v) is 3.89. The molecule has 0 N–H and O–H groups in total. The lowest BCUT2D eigenvalue weighted by molar-refractivity contribution is -0.384. The smallest absolute Gasteiger partial charge is 0.273 e. The van der Waals surface area contributed by atoms with Crippen LogP contribution in [0.3, 0.4) is 0 Å². The number of hydrogen-bond acceptors (Lipinski definition) is 5. The Morgan fingerprint density at radius 1 is 1.41 bits per heavy atom. The van der Waals surface area contributed by atoms with Crippen LogP contribution in [0.1, 0.15) is 0 Å². The number of nitro benzene ring substituents is 1. The van der Waals surface area contributed by atoms with E-state index in [2.05, 4.69) is 25.9 Å². The van der Waals surface area contributed by atoms with Crippen molar-refractivity contribution in [2.45, 2.75) is 0 Å². The molecule has 0 radical (unpaired) electrons. The van der Waals surface area contributed by atoms with Crippen LogP contribution in [0.2, 0.25) is 0 Å². The van der Waals surface area contributed by atoms with Gasteiger partial charge in [-0.1, -0.05) is 6.07 Å². The number of benzene rings is 1. The quantitative estimate of drug-likeness (QED) is 0.642. The minimum atomic E-state index is -0.484. The zero-order chi connectivity index (χ0) is 12.3. The highest BCUT2D eigenvalue weighted by Gasteiger charge is 2.09. The zero-order valence-electron chi connectivity index (χ0n) is 8.41. The van der Waals surface area contributed by atoms with Gasteiger partial charge in [0.15, 0.2) is 0 Å². The van der Waals surface area contributed by atoms with Crippen LogP contribution in [-0.2, 0) is 0 Å². The molecule has 0 unspecified atom stereocenters. The molecule has 1 aromatic carbocycles. The Balaban J connectivity index is 2.28. The molecule has 0 spiro atoms. The Bertz CT molecular complexity index is 562. The molecular weight excluding hydrogens is 290 g/mol. The zero-order valence-corrected chi connectivity index (χ0v) is 9.99. The van der Waals surface area contributed by atoms with E-state index in [0.29, 0.717) is 16.1 Å². The van der Waals surface area contributed by atoms with Gasteiger partial charge in [0.05, 0.1) is 15.5 Å².